The van der Waals surface area contributed by atoms with E-state index in [-0.39, 0.29) is 10.8 Å². The molecule has 4 heteroatoms. The van der Waals surface area contributed by atoms with E-state index in [1.165, 1.54) is 0 Å². The summed E-state index contributed by atoms with van der Waals surface area (Å²) in [7, 11) is -1.17. The first-order valence-electron chi connectivity index (χ1n) is 6.67. The summed E-state index contributed by atoms with van der Waals surface area (Å²) in [6.07, 6.45) is 0. The molecule has 20 heavy (non-hydrogen) atoms. The molecule has 3 nitrogen and oxygen atoms in total. The van der Waals surface area contributed by atoms with Crippen molar-refractivity contribution in [2.45, 2.75) is 38.5 Å². The molecule has 1 unspecified atom stereocenters. The topological polar surface area (TPSA) is 42.2 Å². The lowest BCUT2D eigenvalue weighted by molar-refractivity contribution is 0.455. The third-order valence-corrected chi connectivity index (χ3v) is 4.52. The third kappa shape index (κ3) is 3.58. The molecule has 0 fully saturated rings. The number of benzene rings is 1. The van der Waals surface area contributed by atoms with Crippen LogP contribution in [0.2, 0.25) is 0 Å². The zero-order valence-corrected chi connectivity index (χ0v) is 13.2. The summed E-state index contributed by atoms with van der Waals surface area (Å²) >= 11 is 0. The molecule has 108 valence electrons. The standard InChI is InChI=1S/C16H21NO2S/c1-12-10-11-14(19-12)15(13-8-6-5-7-9-13)17-20(18)16(2,3)4/h5-11,15,17H,1-4H3/t15-,20?/m0/s1. The highest BCUT2D eigenvalue weighted by molar-refractivity contribution is 7.84. The molecular formula is C16H21NO2S. The van der Waals surface area contributed by atoms with E-state index < -0.39 is 11.0 Å². The van der Waals surface area contributed by atoms with Crippen LogP contribution in [0.4, 0.5) is 0 Å². The molecule has 0 bridgehead atoms. The maximum absolute atomic E-state index is 12.4. The van der Waals surface area contributed by atoms with Gasteiger partial charge in [0.05, 0.1) is 15.7 Å². The van der Waals surface area contributed by atoms with Gasteiger partial charge >= 0.3 is 0 Å². The molecule has 1 heterocycles. The van der Waals surface area contributed by atoms with Crippen molar-refractivity contribution in [3.8, 4) is 0 Å². The number of nitrogens with one attached hydrogen (secondary N) is 1. The summed E-state index contributed by atoms with van der Waals surface area (Å²) in [6.45, 7) is 7.76. The van der Waals surface area contributed by atoms with Gasteiger partial charge in [0, 0.05) is 0 Å². The van der Waals surface area contributed by atoms with E-state index in [0.29, 0.717) is 0 Å². The van der Waals surface area contributed by atoms with Crippen molar-refractivity contribution >= 4 is 11.0 Å². The second-order valence-corrected chi connectivity index (χ2v) is 7.79. The molecular weight excluding hydrogens is 270 g/mol. The molecule has 1 N–H and O–H groups in total. The van der Waals surface area contributed by atoms with Crippen molar-refractivity contribution in [1.29, 1.82) is 0 Å². The van der Waals surface area contributed by atoms with Crippen LogP contribution in [-0.4, -0.2) is 8.96 Å². The van der Waals surface area contributed by atoms with Gasteiger partial charge in [-0.05, 0) is 45.4 Å². The van der Waals surface area contributed by atoms with Crippen LogP contribution in [0.15, 0.2) is 46.9 Å². The van der Waals surface area contributed by atoms with Crippen LogP contribution < -0.4 is 4.72 Å². The Bertz CT molecular complexity index is 584. The average molecular weight is 291 g/mol. The molecule has 2 rings (SSSR count). The van der Waals surface area contributed by atoms with Crippen molar-refractivity contribution < 1.29 is 8.63 Å². The maximum Gasteiger partial charge on any atom is 0.126 e. The lowest BCUT2D eigenvalue weighted by Crippen LogP contribution is -2.36. The Morgan fingerprint density at radius 1 is 1.10 bits per heavy atom. The number of hydrogen-bond donors (Lipinski definition) is 1. The van der Waals surface area contributed by atoms with Crippen molar-refractivity contribution in [3.05, 3.63) is 59.5 Å². The molecule has 0 saturated heterocycles. The van der Waals surface area contributed by atoms with E-state index in [1.807, 2.05) is 70.2 Å². The zero-order valence-electron chi connectivity index (χ0n) is 12.3. The second-order valence-electron chi connectivity index (χ2n) is 5.79. The van der Waals surface area contributed by atoms with Gasteiger partial charge in [-0.1, -0.05) is 30.3 Å². The van der Waals surface area contributed by atoms with Crippen molar-refractivity contribution in [1.82, 2.24) is 4.72 Å². The molecule has 0 spiro atoms. The first kappa shape index (κ1) is 15.0. The van der Waals surface area contributed by atoms with Crippen LogP contribution in [-0.2, 0) is 11.0 Å². The molecule has 0 aliphatic heterocycles. The summed E-state index contributed by atoms with van der Waals surface area (Å²) in [5.74, 6) is 1.63. The second kappa shape index (κ2) is 5.94. The van der Waals surface area contributed by atoms with Crippen LogP contribution in [0.3, 0.4) is 0 Å². The summed E-state index contributed by atoms with van der Waals surface area (Å²) < 4.78 is 21.0. The van der Waals surface area contributed by atoms with Crippen LogP contribution in [0.1, 0.15) is 43.9 Å². The molecule has 2 atom stereocenters. The SMILES string of the molecule is Cc1ccc([C@@H](NS(=O)C(C)(C)C)c2ccccc2)o1. The highest BCUT2D eigenvalue weighted by Gasteiger charge is 2.26. The predicted octanol–water partition coefficient (Wildman–Crippen LogP) is 3.73. The fourth-order valence-electron chi connectivity index (χ4n) is 1.83. The summed E-state index contributed by atoms with van der Waals surface area (Å²) in [6, 6.07) is 13.6. The number of furan rings is 1. The smallest absolute Gasteiger partial charge is 0.126 e. The average Bonchev–Trinajstić information content (AvgIpc) is 2.82. The zero-order chi connectivity index (χ0) is 14.8. The highest BCUT2D eigenvalue weighted by atomic mass is 32.2. The lowest BCUT2D eigenvalue weighted by atomic mass is 10.1. The fourth-order valence-corrected chi connectivity index (χ4v) is 2.65. The fraction of sp³-hybridized carbons (Fsp3) is 0.375. The minimum Gasteiger partial charge on any atom is -0.464 e. The quantitative estimate of drug-likeness (QED) is 0.932. The van der Waals surface area contributed by atoms with Gasteiger partial charge in [-0.15, -0.1) is 0 Å². The Morgan fingerprint density at radius 2 is 1.75 bits per heavy atom. The van der Waals surface area contributed by atoms with Gasteiger partial charge in [0.2, 0.25) is 0 Å². The predicted molar refractivity (Wildman–Crippen MR) is 82.8 cm³/mol. The number of aryl methyl sites for hydroxylation is 1. The Balaban J connectivity index is 2.33. The van der Waals surface area contributed by atoms with E-state index in [9.17, 15) is 4.21 Å². The van der Waals surface area contributed by atoms with Gasteiger partial charge in [0.25, 0.3) is 0 Å². The Labute approximate surface area is 123 Å². The molecule has 0 amide bonds. The van der Waals surface area contributed by atoms with Crippen molar-refractivity contribution in [3.63, 3.8) is 0 Å². The Hall–Kier alpha value is -1.39. The van der Waals surface area contributed by atoms with Gasteiger partial charge in [0.15, 0.2) is 0 Å². The van der Waals surface area contributed by atoms with Crippen LogP contribution in [0.25, 0.3) is 0 Å². The minimum atomic E-state index is -1.17. The normalized spacial score (nSPS) is 15.0. The van der Waals surface area contributed by atoms with Crippen LogP contribution >= 0.6 is 0 Å². The highest BCUT2D eigenvalue weighted by Crippen LogP contribution is 2.25. The largest absolute Gasteiger partial charge is 0.464 e. The number of hydrogen-bond acceptors (Lipinski definition) is 2. The third-order valence-electron chi connectivity index (χ3n) is 2.96. The van der Waals surface area contributed by atoms with E-state index in [2.05, 4.69) is 4.72 Å². The summed E-state index contributed by atoms with van der Waals surface area (Å²) in [4.78, 5) is 0. The maximum atomic E-state index is 12.4. The van der Waals surface area contributed by atoms with E-state index >= 15 is 0 Å². The minimum absolute atomic E-state index is 0.204. The molecule has 1 aromatic carbocycles. The summed E-state index contributed by atoms with van der Waals surface area (Å²) in [5, 5.41) is 0. The van der Waals surface area contributed by atoms with Crippen LogP contribution in [0, 0.1) is 6.92 Å². The summed E-state index contributed by atoms with van der Waals surface area (Å²) in [5.41, 5.74) is 1.04. The van der Waals surface area contributed by atoms with Gasteiger partial charge in [0.1, 0.15) is 17.6 Å². The molecule has 1 aromatic heterocycles. The molecule has 0 saturated carbocycles. The van der Waals surface area contributed by atoms with Gasteiger partial charge < -0.3 is 4.42 Å². The van der Waals surface area contributed by atoms with Gasteiger partial charge in [-0.3, -0.25) is 0 Å². The molecule has 0 aliphatic carbocycles. The van der Waals surface area contributed by atoms with Crippen LogP contribution in [0.5, 0.6) is 0 Å². The van der Waals surface area contributed by atoms with E-state index in [4.69, 9.17) is 4.42 Å². The van der Waals surface area contributed by atoms with Gasteiger partial charge in [-0.25, -0.2) is 8.93 Å². The Kier molecular flexibility index (Phi) is 4.45. The van der Waals surface area contributed by atoms with Gasteiger partial charge in [-0.2, -0.15) is 0 Å². The Morgan fingerprint density at radius 3 is 2.25 bits per heavy atom. The molecule has 0 aliphatic rings. The number of rotatable bonds is 4. The van der Waals surface area contributed by atoms with E-state index in [1.54, 1.807) is 0 Å². The lowest BCUT2D eigenvalue weighted by Gasteiger charge is -2.23. The molecule has 2 aromatic rings. The monoisotopic (exact) mass is 291 g/mol. The first-order valence-corrected chi connectivity index (χ1v) is 7.82. The van der Waals surface area contributed by atoms with Crippen molar-refractivity contribution in [2.24, 2.45) is 0 Å². The van der Waals surface area contributed by atoms with Crippen molar-refractivity contribution in [2.75, 3.05) is 0 Å². The van der Waals surface area contributed by atoms with E-state index in [0.717, 1.165) is 17.1 Å². The first-order chi connectivity index (χ1) is 9.38. The molecule has 0 radical (unpaired) electrons.